The van der Waals surface area contributed by atoms with Crippen LogP contribution in [0.25, 0.3) is 28.0 Å². The fraction of sp³-hybridized carbons (Fsp3) is 0.378. The first-order valence-electron chi connectivity index (χ1n) is 16.4. The van der Waals surface area contributed by atoms with Crippen molar-refractivity contribution in [3.63, 3.8) is 0 Å². The molecule has 0 aliphatic carbocycles. The van der Waals surface area contributed by atoms with Crippen LogP contribution in [-0.2, 0) is 4.79 Å². The van der Waals surface area contributed by atoms with Gasteiger partial charge in [-0.3, -0.25) is 23.9 Å². The molecule has 4 heterocycles. The smallest absolute Gasteiger partial charge is 0.282 e. The van der Waals surface area contributed by atoms with Crippen LogP contribution in [0, 0.1) is 18.6 Å². The second-order valence-corrected chi connectivity index (χ2v) is 13.3. The number of nitrogens with zero attached hydrogens (tertiary/aromatic N) is 5. The van der Waals surface area contributed by atoms with Gasteiger partial charge in [-0.25, -0.2) is 18.2 Å². The Morgan fingerprint density at radius 3 is 2.52 bits per heavy atom. The Bertz CT molecular complexity index is 2040. The number of fused-ring (bicyclic) bond motifs is 1. The zero-order valence-corrected chi connectivity index (χ0v) is 29.0. The zero-order valence-electron chi connectivity index (χ0n) is 29.0. The molecule has 5 rings (SSSR count). The van der Waals surface area contributed by atoms with Gasteiger partial charge >= 0.3 is 0 Å². The number of aromatic nitrogens is 3. The highest BCUT2D eigenvalue weighted by Crippen LogP contribution is 2.41. The number of hydrogen-bond acceptors (Lipinski definition) is 7. The average molecular weight is 691 g/mol. The molecule has 1 aromatic carbocycles. The van der Waals surface area contributed by atoms with Crippen molar-refractivity contribution < 1.29 is 27.9 Å². The molecule has 2 atom stereocenters. The van der Waals surface area contributed by atoms with E-state index in [4.69, 9.17) is 0 Å². The Hall–Kier alpha value is -5.04. The number of aromatic hydroxyl groups is 1. The van der Waals surface area contributed by atoms with Crippen LogP contribution in [0.1, 0.15) is 72.6 Å². The number of carbonyl (C=O) groups is 2. The summed E-state index contributed by atoms with van der Waals surface area (Å²) in [5.74, 6) is -5.90. The predicted octanol–water partition coefficient (Wildman–Crippen LogP) is 5.73. The number of benzene rings is 1. The summed E-state index contributed by atoms with van der Waals surface area (Å²) in [7, 11) is 3.67. The third kappa shape index (κ3) is 6.74. The van der Waals surface area contributed by atoms with Gasteiger partial charge in [0.2, 0.25) is 0 Å². The van der Waals surface area contributed by atoms with Gasteiger partial charge in [0, 0.05) is 37.3 Å². The van der Waals surface area contributed by atoms with E-state index in [2.05, 4.69) is 21.9 Å². The number of likely N-dealkylation sites (N-methyl/N-ethyl adjacent to an activating group) is 1. The first-order valence-corrected chi connectivity index (χ1v) is 16.4. The van der Waals surface area contributed by atoms with Crippen LogP contribution in [-0.4, -0.2) is 81.0 Å². The quantitative estimate of drug-likeness (QED) is 0.215. The van der Waals surface area contributed by atoms with Crippen molar-refractivity contribution in [2.24, 2.45) is 0 Å². The molecule has 1 aliphatic heterocycles. The van der Waals surface area contributed by atoms with E-state index in [9.17, 15) is 19.1 Å². The number of phenolic OH excluding ortho intramolecular Hbond substituents is 1. The minimum Gasteiger partial charge on any atom is -0.507 e. The Labute approximate surface area is 288 Å². The minimum atomic E-state index is -1.10. The number of hydrogen-bond donors (Lipinski definition) is 2. The van der Waals surface area contributed by atoms with Gasteiger partial charge in [-0.2, -0.15) is 0 Å². The maximum Gasteiger partial charge on any atom is 0.282 e. The number of halogens is 3. The fourth-order valence-electron chi connectivity index (χ4n) is 6.74. The van der Waals surface area contributed by atoms with Crippen LogP contribution < -0.4 is 10.9 Å². The van der Waals surface area contributed by atoms with E-state index in [1.807, 2.05) is 32.8 Å². The van der Waals surface area contributed by atoms with Gasteiger partial charge in [0.15, 0.2) is 11.6 Å². The molecule has 2 N–H and O–H groups in total. The summed E-state index contributed by atoms with van der Waals surface area (Å²) in [6, 6.07) is 5.81. The predicted molar refractivity (Wildman–Crippen MR) is 185 cm³/mol. The summed E-state index contributed by atoms with van der Waals surface area (Å²) in [5, 5.41) is 13.6. The highest BCUT2D eigenvalue weighted by Gasteiger charge is 2.36. The number of amides is 2. The molecule has 10 nitrogen and oxygen atoms in total. The van der Waals surface area contributed by atoms with E-state index in [1.165, 1.54) is 21.6 Å². The first-order chi connectivity index (χ1) is 23.6. The monoisotopic (exact) mass is 690 g/mol. The molecule has 4 aromatic rings. The molecule has 0 saturated carbocycles. The third-order valence-electron chi connectivity index (χ3n) is 9.15. The van der Waals surface area contributed by atoms with Crippen LogP contribution in [0.15, 0.2) is 53.7 Å². The van der Waals surface area contributed by atoms with E-state index >= 15 is 13.6 Å². The van der Waals surface area contributed by atoms with Crippen molar-refractivity contribution in [1.29, 1.82) is 0 Å². The normalized spacial score (nSPS) is 16.3. The molecule has 1 saturated heterocycles. The zero-order chi connectivity index (χ0) is 36.6. The number of rotatable bonds is 9. The van der Waals surface area contributed by atoms with Crippen LogP contribution in [0.2, 0.25) is 0 Å². The summed E-state index contributed by atoms with van der Waals surface area (Å²) in [6.07, 6.45) is 2.01. The molecule has 1 aliphatic rings. The van der Waals surface area contributed by atoms with Crippen molar-refractivity contribution in [2.75, 3.05) is 33.7 Å². The van der Waals surface area contributed by atoms with Crippen LogP contribution in [0.5, 0.6) is 5.75 Å². The molecule has 2 amide bonds. The molecule has 13 heteroatoms. The van der Waals surface area contributed by atoms with Gasteiger partial charge in [0.1, 0.15) is 28.5 Å². The maximum absolute atomic E-state index is 16.3. The van der Waals surface area contributed by atoms with Gasteiger partial charge in [-0.15, -0.1) is 0 Å². The molecule has 0 spiro atoms. The molecule has 1 unspecified atom stereocenters. The van der Waals surface area contributed by atoms with E-state index in [1.54, 1.807) is 26.1 Å². The van der Waals surface area contributed by atoms with Crippen molar-refractivity contribution in [3.05, 3.63) is 93.3 Å². The van der Waals surface area contributed by atoms with Crippen LogP contribution in [0.4, 0.5) is 13.2 Å². The van der Waals surface area contributed by atoms with Crippen LogP contribution in [0.3, 0.4) is 0 Å². The Balaban J connectivity index is 1.91. The van der Waals surface area contributed by atoms with Crippen molar-refractivity contribution in [2.45, 2.75) is 58.4 Å². The summed E-state index contributed by atoms with van der Waals surface area (Å²) < 4.78 is 46.7. The van der Waals surface area contributed by atoms with Gasteiger partial charge in [-0.1, -0.05) is 26.5 Å². The number of piperidine rings is 1. The third-order valence-corrected chi connectivity index (χ3v) is 9.15. The van der Waals surface area contributed by atoms with Crippen molar-refractivity contribution >= 4 is 22.8 Å². The highest BCUT2D eigenvalue weighted by molar-refractivity contribution is 6.01. The van der Waals surface area contributed by atoms with Gasteiger partial charge in [-0.05, 0) is 88.0 Å². The fourth-order valence-corrected chi connectivity index (χ4v) is 6.74. The SMILES string of the molecule is C=C(F)C(=O)N1CCC(c2c(C(=O)NCCN(C)C)c(=O)n(-c3c(C)ccnc3C(C)C)c3nc(-c4c(O)cccc4F)c(F)cc23)C[C@H]1C. The van der Waals surface area contributed by atoms with Crippen molar-refractivity contribution in [1.82, 2.24) is 29.7 Å². The topological polar surface area (TPSA) is 121 Å². The summed E-state index contributed by atoms with van der Waals surface area (Å²) >= 11 is 0. The number of aryl methyl sites for hydroxylation is 1. The molecule has 1 fully saturated rings. The van der Waals surface area contributed by atoms with Gasteiger partial charge in [0.05, 0.1) is 16.9 Å². The molecular formula is C37H41F3N6O4. The summed E-state index contributed by atoms with van der Waals surface area (Å²) in [4.78, 5) is 54.1. The number of nitrogens with one attached hydrogen (secondary N) is 1. The van der Waals surface area contributed by atoms with E-state index in [0.29, 0.717) is 23.5 Å². The second kappa shape index (κ2) is 14.4. The van der Waals surface area contributed by atoms with Crippen molar-refractivity contribution in [3.8, 4) is 22.7 Å². The Morgan fingerprint density at radius 1 is 1.18 bits per heavy atom. The molecule has 264 valence electrons. The van der Waals surface area contributed by atoms with E-state index in [0.717, 1.165) is 12.1 Å². The molecular weight excluding hydrogens is 649 g/mol. The summed E-state index contributed by atoms with van der Waals surface area (Å²) in [5.41, 5.74) is -0.400. The highest BCUT2D eigenvalue weighted by atomic mass is 19.1. The second-order valence-electron chi connectivity index (χ2n) is 13.3. The van der Waals surface area contributed by atoms with Gasteiger partial charge in [0.25, 0.3) is 17.4 Å². The van der Waals surface area contributed by atoms with E-state index < -0.39 is 63.8 Å². The largest absolute Gasteiger partial charge is 0.507 e. The number of likely N-dealkylation sites (tertiary alicyclic amines) is 1. The standard InChI is InChI=1S/C37H41F3N6O4/c1-19(2)31-33(20(3)11-13-41-31)46-34-24(18-26(40)32(43-34)29-25(39)9-8-10-27(29)47)28(30(37(46)50)35(48)42-14-16-44(6)7)23-12-15-45(21(4)17-23)36(49)22(5)38/h8-11,13,18-19,21,23,47H,5,12,14-17H2,1-4,6-7H3,(H,42,48)/t21-,23?/m1/s1. The molecule has 50 heavy (non-hydrogen) atoms. The number of pyridine rings is 3. The van der Waals surface area contributed by atoms with E-state index in [-0.39, 0.29) is 54.0 Å². The van der Waals surface area contributed by atoms with Gasteiger partial charge < -0.3 is 20.2 Å². The average Bonchev–Trinajstić information content (AvgIpc) is 3.04. The lowest BCUT2D eigenvalue weighted by atomic mass is 9.81. The summed E-state index contributed by atoms with van der Waals surface area (Å²) in [6.45, 7) is 11.2. The lowest BCUT2D eigenvalue weighted by molar-refractivity contribution is -0.132. The van der Waals surface area contributed by atoms with Crippen LogP contribution >= 0.6 is 0 Å². The maximum atomic E-state index is 16.3. The Kier molecular flexibility index (Phi) is 10.5. The number of phenols is 1. The number of carbonyl (C=O) groups excluding carboxylic acids is 2. The molecule has 0 radical (unpaired) electrons. The lowest BCUT2D eigenvalue weighted by Crippen LogP contribution is -2.45. The molecule has 3 aromatic heterocycles. The lowest BCUT2D eigenvalue weighted by Gasteiger charge is -2.38. The first kappa shape index (κ1) is 36.2. The Morgan fingerprint density at radius 2 is 1.90 bits per heavy atom. The minimum absolute atomic E-state index is 0.0739. The molecule has 0 bridgehead atoms.